The molecular weight excluding hydrogens is 222 g/mol. The SMILES string of the molecule is Cc1cccc(C(=O)O)c1N1CC(=O)CC1=O. The number of Topliss-reactive ketones (excluding diaryl/α,β-unsaturated/α-hetero) is 1. The third kappa shape index (κ3) is 1.91. The molecule has 5 heteroatoms. The second-order valence-electron chi connectivity index (χ2n) is 3.97. The van der Waals surface area contributed by atoms with Gasteiger partial charge in [0, 0.05) is 0 Å². The molecule has 1 heterocycles. The Balaban J connectivity index is 2.54. The van der Waals surface area contributed by atoms with Crippen LogP contribution in [0.5, 0.6) is 0 Å². The van der Waals surface area contributed by atoms with Crippen molar-refractivity contribution in [3.8, 4) is 0 Å². The molecule has 1 saturated heterocycles. The van der Waals surface area contributed by atoms with Crippen LogP contribution in [0.1, 0.15) is 22.3 Å². The van der Waals surface area contributed by atoms with Gasteiger partial charge in [-0.3, -0.25) is 9.59 Å². The lowest BCUT2D eigenvalue weighted by Crippen LogP contribution is -2.27. The highest BCUT2D eigenvalue weighted by molar-refractivity contribution is 6.17. The molecule has 0 saturated carbocycles. The largest absolute Gasteiger partial charge is 0.478 e. The van der Waals surface area contributed by atoms with Gasteiger partial charge < -0.3 is 10.0 Å². The lowest BCUT2D eigenvalue weighted by Gasteiger charge is -2.19. The van der Waals surface area contributed by atoms with E-state index >= 15 is 0 Å². The molecule has 1 aliphatic heterocycles. The number of carboxylic acids is 1. The van der Waals surface area contributed by atoms with Crippen molar-refractivity contribution in [2.45, 2.75) is 13.3 Å². The van der Waals surface area contributed by atoms with Crippen LogP contribution in [0.2, 0.25) is 0 Å². The van der Waals surface area contributed by atoms with Gasteiger partial charge in [0.25, 0.3) is 0 Å². The summed E-state index contributed by atoms with van der Waals surface area (Å²) in [6.45, 7) is 1.68. The van der Waals surface area contributed by atoms with E-state index in [4.69, 9.17) is 5.11 Å². The maximum atomic E-state index is 11.6. The quantitative estimate of drug-likeness (QED) is 0.773. The first kappa shape index (κ1) is 11.3. The minimum atomic E-state index is -1.10. The first-order valence-corrected chi connectivity index (χ1v) is 5.15. The number of amides is 1. The Morgan fingerprint density at radius 1 is 1.35 bits per heavy atom. The summed E-state index contributed by atoms with van der Waals surface area (Å²) in [7, 11) is 0. The summed E-state index contributed by atoms with van der Waals surface area (Å²) in [4.78, 5) is 35.2. The maximum Gasteiger partial charge on any atom is 0.337 e. The lowest BCUT2D eigenvalue weighted by molar-refractivity contribution is -0.121. The smallest absolute Gasteiger partial charge is 0.337 e. The van der Waals surface area contributed by atoms with E-state index in [2.05, 4.69) is 0 Å². The molecule has 1 aromatic carbocycles. The number of aromatic carboxylic acids is 1. The van der Waals surface area contributed by atoms with Gasteiger partial charge in [0.1, 0.15) is 0 Å². The van der Waals surface area contributed by atoms with E-state index in [1.807, 2.05) is 0 Å². The molecule has 88 valence electrons. The molecule has 0 atom stereocenters. The molecular formula is C12H11NO4. The normalized spacial score (nSPS) is 15.5. The summed E-state index contributed by atoms with van der Waals surface area (Å²) < 4.78 is 0. The monoisotopic (exact) mass is 233 g/mol. The van der Waals surface area contributed by atoms with E-state index in [0.717, 1.165) is 0 Å². The minimum Gasteiger partial charge on any atom is -0.478 e. The first-order valence-electron chi connectivity index (χ1n) is 5.15. The summed E-state index contributed by atoms with van der Waals surface area (Å²) >= 11 is 0. The van der Waals surface area contributed by atoms with Crippen LogP contribution < -0.4 is 4.90 Å². The Morgan fingerprint density at radius 3 is 2.59 bits per heavy atom. The van der Waals surface area contributed by atoms with Crippen LogP contribution in [0.4, 0.5) is 5.69 Å². The third-order valence-electron chi connectivity index (χ3n) is 2.72. The highest BCUT2D eigenvalue weighted by Gasteiger charge is 2.31. The van der Waals surface area contributed by atoms with Gasteiger partial charge in [0.15, 0.2) is 5.78 Å². The van der Waals surface area contributed by atoms with Crippen molar-refractivity contribution >= 4 is 23.3 Å². The number of carbonyl (C=O) groups is 3. The number of anilines is 1. The second-order valence-corrected chi connectivity index (χ2v) is 3.97. The van der Waals surface area contributed by atoms with E-state index in [9.17, 15) is 14.4 Å². The molecule has 5 nitrogen and oxygen atoms in total. The Labute approximate surface area is 97.7 Å². The molecule has 1 fully saturated rings. The van der Waals surface area contributed by atoms with Crippen LogP contribution >= 0.6 is 0 Å². The molecule has 0 bridgehead atoms. The zero-order valence-electron chi connectivity index (χ0n) is 9.27. The van der Waals surface area contributed by atoms with Gasteiger partial charge in [-0.15, -0.1) is 0 Å². The maximum absolute atomic E-state index is 11.6. The number of nitrogens with zero attached hydrogens (tertiary/aromatic N) is 1. The first-order chi connectivity index (χ1) is 8.00. The van der Waals surface area contributed by atoms with Gasteiger partial charge in [-0.25, -0.2) is 4.79 Å². The highest BCUT2D eigenvalue weighted by Crippen LogP contribution is 2.28. The van der Waals surface area contributed by atoms with Crippen molar-refractivity contribution in [3.05, 3.63) is 29.3 Å². The van der Waals surface area contributed by atoms with E-state index in [-0.39, 0.29) is 30.2 Å². The minimum absolute atomic E-state index is 0.0377. The van der Waals surface area contributed by atoms with E-state index in [1.54, 1.807) is 19.1 Å². The van der Waals surface area contributed by atoms with Crippen molar-refractivity contribution in [3.63, 3.8) is 0 Å². The Kier molecular flexibility index (Phi) is 2.67. The zero-order valence-corrected chi connectivity index (χ0v) is 9.27. The van der Waals surface area contributed by atoms with Crippen LogP contribution in [0.3, 0.4) is 0 Å². The predicted molar refractivity (Wildman–Crippen MR) is 60.1 cm³/mol. The van der Waals surface area contributed by atoms with E-state index < -0.39 is 5.97 Å². The summed E-state index contributed by atoms with van der Waals surface area (Å²) in [5.41, 5.74) is 1.05. The number of carboxylic acid groups (broad SMARTS) is 1. The number of benzene rings is 1. The summed E-state index contributed by atoms with van der Waals surface area (Å²) in [6.07, 6.45) is -0.145. The van der Waals surface area contributed by atoms with Gasteiger partial charge in [-0.1, -0.05) is 12.1 Å². The fourth-order valence-electron chi connectivity index (χ4n) is 1.98. The Bertz CT molecular complexity index is 521. The van der Waals surface area contributed by atoms with Crippen LogP contribution in [-0.4, -0.2) is 29.3 Å². The number of hydrogen-bond acceptors (Lipinski definition) is 3. The fraction of sp³-hybridized carbons (Fsp3) is 0.250. The zero-order chi connectivity index (χ0) is 12.6. The van der Waals surface area contributed by atoms with Gasteiger partial charge in [-0.05, 0) is 18.6 Å². The van der Waals surface area contributed by atoms with Crippen molar-refractivity contribution in [1.82, 2.24) is 0 Å². The van der Waals surface area contributed by atoms with Crippen molar-refractivity contribution < 1.29 is 19.5 Å². The molecule has 1 amide bonds. The number of rotatable bonds is 2. The van der Waals surface area contributed by atoms with E-state index in [1.165, 1.54) is 11.0 Å². The van der Waals surface area contributed by atoms with Gasteiger partial charge >= 0.3 is 5.97 Å². The number of para-hydroxylation sites is 1. The van der Waals surface area contributed by atoms with Crippen LogP contribution in [0.15, 0.2) is 18.2 Å². The van der Waals surface area contributed by atoms with Gasteiger partial charge in [-0.2, -0.15) is 0 Å². The Hall–Kier alpha value is -2.17. The molecule has 2 rings (SSSR count). The number of aryl methyl sites for hydroxylation is 1. The molecule has 1 N–H and O–H groups in total. The number of carbonyl (C=O) groups excluding carboxylic acids is 2. The molecule has 0 aromatic heterocycles. The topological polar surface area (TPSA) is 74.7 Å². The van der Waals surface area contributed by atoms with Gasteiger partial charge in [0.05, 0.1) is 24.2 Å². The molecule has 1 aliphatic rings. The van der Waals surface area contributed by atoms with Crippen LogP contribution in [-0.2, 0) is 9.59 Å². The highest BCUT2D eigenvalue weighted by atomic mass is 16.4. The van der Waals surface area contributed by atoms with Gasteiger partial charge in [0.2, 0.25) is 5.91 Å². The average molecular weight is 233 g/mol. The average Bonchev–Trinajstić information content (AvgIpc) is 2.57. The summed E-state index contributed by atoms with van der Waals surface area (Å²) in [6, 6.07) is 4.77. The second kappa shape index (κ2) is 4.01. The third-order valence-corrected chi connectivity index (χ3v) is 2.72. The molecule has 0 aliphatic carbocycles. The summed E-state index contributed by atoms with van der Waals surface area (Å²) in [5.74, 6) is -1.63. The molecule has 0 radical (unpaired) electrons. The molecule has 17 heavy (non-hydrogen) atoms. The number of hydrogen-bond donors (Lipinski definition) is 1. The fourth-order valence-corrected chi connectivity index (χ4v) is 1.98. The van der Waals surface area contributed by atoms with Crippen molar-refractivity contribution in [2.75, 3.05) is 11.4 Å². The molecule has 1 aromatic rings. The summed E-state index contributed by atoms with van der Waals surface area (Å²) in [5, 5.41) is 9.08. The predicted octanol–water partition coefficient (Wildman–Crippen LogP) is 0.999. The van der Waals surface area contributed by atoms with Crippen molar-refractivity contribution in [1.29, 1.82) is 0 Å². The Morgan fingerprint density at radius 2 is 2.06 bits per heavy atom. The van der Waals surface area contributed by atoms with Crippen LogP contribution in [0.25, 0.3) is 0 Å². The lowest BCUT2D eigenvalue weighted by atomic mass is 10.1. The molecule has 0 spiro atoms. The van der Waals surface area contributed by atoms with E-state index in [0.29, 0.717) is 11.3 Å². The standard InChI is InChI=1S/C12H11NO4/c1-7-3-2-4-9(12(16)17)11(7)13-6-8(14)5-10(13)15/h2-4H,5-6H2,1H3,(H,16,17). The van der Waals surface area contributed by atoms with Crippen LogP contribution in [0, 0.1) is 6.92 Å². The number of ketones is 1. The van der Waals surface area contributed by atoms with Crippen molar-refractivity contribution in [2.24, 2.45) is 0 Å². The molecule has 0 unspecified atom stereocenters.